The van der Waals surface area contributed by atoms with Crippen LogP contribution in [0.3, 0.4) is 0 Å². The molecule has 0 fully saturated rings. The van der Waals surface area contributed by atoms with Crippen LogP contribution in [0.5, 0.6) is 0 Å². The highest BCUT2D eigenvalue weighted by Crippen LogP contribution is 2.42. The predicted molar refractivity (Wildman–Crippen MR) is 142 cm³/mol. The summed E-state index contributed by atoms with van der Waals surface area (Å²) in [4.78, 5) is 0. The third kappa shape index (κ3) is 20.3. The normalized spacial score (nSPS) is 12.0. The first kappa shape index (κ1) is 31.0. The minimum Gasteiger partial charge on any atom is -0.382 e. The highest BCUT2D eigenvalue weighted by Gasteiger charge is 2.28. The molecule has 0 rings (SSSR count). The standard InChI is InChI=1S/C30H62O/c1-5-9-12-20-25-30(26-21-13-10-6-2,27-22-14-11-7-3)28-23-18-16-15-17-19-24-29-31-8-4/h5-29H2,1-4H3. The van der Waals surface area contributed by atoms with E-state index in [0.717, 1.165) is 13.2 Å². The maximum Gasteiger partial charge on any atom is 0.0465 e. The predicted octanol–water partition coefficient (Wildman–Crippen LogP) is 11.0. The van der Waals surface area contributed by atoms with Crippen LogP contribution in [0.4, 0.5) is 0 Å². The lowest BCUT2D eigenvalue weighted by atomic mass is 9.70. The van der Waals surface area contributed by atoms with Gasteiger partial charge in [0.15, 0.2) is 0 Å². The zero-order valence-electron chi connectivity index (χ0n) is 22.6. The van der Waals surface area contributed by atoms with Gasteiger partial charge < -0.3 is 4.74 Å². The van der Waals surface area contributed by atoms with E-state index < -0.39 is 0 Å². The topological polar surface area (TPSA) is 9.23 Å². The molecule has 0 radical (unpaired) electrons. The molecule has 0 heterocycles. The van der Waals surface area contributed by atoms with Gasteiger partial charge in [-0.25, -0.2) is 0 Å². The highest BCUT2D eigenvalue weighted by molar-refractivity contribution is 4.80. The number of unbranched alkanes of at least 4 members (excludes halogenated alkanes) is 15. The molecular formula is C30H62O. The van der Waals surface area contributed by atoms with Gasteiger partial charge in [-0.2, -0.15) is 0 Å². The van der Waals surface area contributed by atoms with Crippen LogP contribution in [-0.2, 0) is 4.74 Å². The molecule has 0 atom stereocenters. The Labute approximate surface area is 198 Å². The number of rotatable bonds is 26. The van der Waals surface area contributed by atoms with Crippen LogP contribution in [0.2, 0.25) is 0 Å². The van der Waals surface area contributed by atoms with Crippen molar-refractivity contribution >= 4 is 0 Å². The SMILES string of the molecule is CCCCCCC(CCCCCC)(CCCCCC)CCCCCCCCCOCC. The summed E-state index contributed by atoms with van der Waals surface area (Å²) < 4.78 is 5.46. The molecule has 0 unspecified atom stereocenters. The molecule has 0 aliphatic rings. The van der Waals surface area contributed by atoms with E-state index in [9.17, 15) is 0 Å². The zero-order valence-corrected chi connectivity index (χ0v) is 22.6. The van der Waals surface area contributed by atoms with E-state index >= 15 is 0 Å². The molecule has 0 saturated carbocycles. The van der Waals surface area contributed by atoms with Gasteiger partial charge in [0.2, 0.25) is 0 Å². The van der Waals surface area contributed by atoms with Gasteiger partial charge in [0, 0.05) is 13.2 Å². The van der Waals surface area contributed by atoms with Crippen LogP contribution < -0.4 is 0 Å². The average molecular weight is 439 g/mol. The van der Waals surface area contributed by atoms with Crippen LogP contribution in [0, 0.1) is 5.41 Å². The zero-order chi connectivity index (χ0) is 22.9. The van der Waals surface area contributed by atoms with Gasteiger partial charge in [0.05, 0.1) is 0 Å². The summed E-state index contributed by atoms with van der Waals surface area (Å²) in [6.07, 6.45) is 33.1. The smallest absolute Gasteiger partial charge is 0.0465 e. The van der Waals surface area contributed by atoms with Crippen LogP contribution >= 0.6 is 0 Å². The van der Waals surface area contributed by atoms with Gasteiger partial charge in [0.1, 0.15) is 0 Å². The van der Waals surface area contributed by atoms with E-state index in [2.05, 4.69) is 27.7 Å². The molecule has 1 nitrogen and oxygen atoms in total. The van der Waals surface area contributed by atoms with E-state index in [1.165, 1.54) is 148 Å². The molecule has 0 saturated heterocycles. The Morgan fingerprint density at radius 1 is 0.387 bits per heavy atom. The van der Waals surface area contributed by atoms with Crippen molar-refractivity contribution in [2.75, 3.05) is 13.2 Å². The van der Waals surface area contributed by atoms with Crippen molar-refractivity contribution in [3.63, 3.8) is 0 Å². The van der Waals surface area contributed by atoms with Crippen LogP contribution in [0.1, 0.15) is 175 Å². The van der Waals surface area contributed by atoms with Crippen molar-refractivity contribution in [3.8, 4) is 0 Å². The molecule has 31 heavy (non-hydrogen) atoms. The molecule has 0 spiro atoms. The molecule has 0 aliphatic carbocycles. The minimum atomic E-state index is 0.673. The Morgan fingerprint density at radius 3 is 1.06 bits per heavy atom. The summed E-state index contributed by atoms with van der Waals surface area (Å²) in [5.74, 6) is 0. The van der Waals surface area contributed by atoms with Crippen molar-refractivity contribution in [2.45, 2.75) is 175 Å². The van der Waals surface area contributed by atoms with E-state index in [4.69, 9.17) is 4.74 Å². The average Bonchev–Trinajstić information content (AvgIpc) is 2.78. The lowest BCUT2D eigenvalue weighted by Crippen LogP contribution is -2.21. The third-order valence-electron chi connectivity index (χ3n) is 7.38. The van der Waals surface area contributed by atoms with Crippen molar-refractivity contribution in [1.29, 1.82) is 0 Å². The van der Waals surface area contributed by atoms with Gasteiger partial charge in [-0.1, -0.05) is 136 Å². The Balaban J connectivity index is 4.44. The van der Waals surface area contributed by atoms with Crippen molar-refractivity contribution in [2.24, 2.45) is 5.41 Å². The summed E-state index contributed by atoms with van der Waals surface area (Å²) in [6.45, 7) is 11.0. The summed E-state index contributed by atoms with van der Waals surface area (Å²) in [5, 5.41) is 0. The van der Waals surface area contributed by atoms with Crippen molar-refractivity contribution in [1.82, 2.24) is 0 Å². The van der Waals surface area contributed by atoms with Gasteiger partial charge >= 0.3 is 0 Å². The third-order valence-corrected chi connectivity index (χ3v) is 7.38. The molecule has 0 aromatic carbocycles. The molecule has 0 amide bonds. The first-order valence-electron chi connectivity index (χ1n) is 14.8. The Morgan fingerprint density at radius 2 is 0.710 bits per heavy atom. The highest BCUT2D eigenvalue weighted by atomic mass is 16.5. The molecule has 0 aromatic rings. The van der Waals surface area contributed by atoms with E-state index in [1.54, 1.807) is 0 Å². The molecule has 0 bridgehead atoms. The van der Waals surface area contributed by atoms with Gasteiger partial charge in [0.25, 0.3) is 0 Å². The summed E-state index contributed by atoms with van der Waals surface area (Å²) >= 11 is 0. The fraction of sp³-hybridized carbons (Fsp3) is 1.00. The number of hydrogen-bond acceptors (Lipinski definition) is 1. The lowest BCUT2D eigenvalue weighted by Gasteiger charge is -2.35. The first-order valence-corrected chi connectivity index (χ1v) is 14.8. The second kappa shape index (κ2) is 24.6. The van der Waals surface area contributed by atoms with Crippen LogP contribution in [0.25, 0.3) is 0 Å². The number of ether oxygens (including phenoxy) is 1. The molecule has 0 N–H and O–H groups in total. The largest absolute Gasteiger partial charge is 0.382 e. The Kier molecular flexibility index (Phi) is 24.6. The monoisotopic (exact) mass is 438 g/mol. The first-order chi connectivity index (χ1) is 15.2. The van der Waals surface area contributed by atoms with E-state index in [-0.39, 0.29) is 0 Å². The fourth-order valence-electron chi connectivity index (χ4n) is 5.26. The quantitative estimate of drug-likeness (QED) is 0.122. The molecule has 188 valence electrons. The summed E-state index contributed by atoms with van der Waals surface area (Å²) in [7, 11) is 0. The number of hydrogen-bond donors (Lipinski definition) is 0. The second-order valence-corrected chi connectivity index (χ2v) is 10.4. The molecule has 0 aromatic heterocycles. The summed E-state index contributed by atoms with van der Waals surface area (Å²) in [6, 6.07) is 0. The van der Waals surface area contributed by atoms with Gasteiger partial charge in [-0.3, -0.25) is 0 Å². The van der Waals surface area contributed by atoms with Crippen LogP contribution in [0.15, 0.2) is 0 Å². The molecule has 1 heteroatoms. The lowest BCUT2D eigenvalue weighted by molar-refractivity contribution is 0.143. The maximum absolute atomic E-state index is 5.46. The Hall–Kier alpha value is -0.0400. The maximum atomic E-state index is 5.46. The Bertz CT molecular complexity index is 293. The second-order valence-electron chi connectivity index (χ2n) is 10.4. The van der Waals surface area contributed by atoms with Gasteiger partial charge in [-0.15, -0.1) is 0 Å². The van der Waals surface area contributed by atoms with Crippen molar-refractivity contribution < 1.29 is 4.74 Å². The van der Waals surface area contributed by atoms with Gasteiger partial charge in [-0.05, 0) is 44.4 Å². The van der Waals surface area contributed by atoms with Crippen LogP contribution in [-0.4, -0.2) is 13.2 Å². The fourth-order valence-corrected chi connectivity index (χ4v) is 5.26. The minimum absolute atomic E-state index is 0.673. The molecular weight excluding hydrogens is 376 g/mol. The van der Waals surface area contributed by atoms with Crippen molar-refractivity contribution in [3.05, 3.63) is 0 Å². The molecule has 0 aliphatic heterocycles. The van der Waals surface area contributed by atoms with E-state index in [1.807, 2.05) is 0 Å². The van der Waals surface area contributed by atoms with E-state index in [0.29, 0.717) is 5.41 Å². The summed E-state index contributed by atoms with van der Waals surface area (Å²) in [5.41, 5.74) is 0.673.